The van der Waals surface area contributed by atoms with Crippen LogP contribution >= 0.6 is 0 Å². The average molecular weight is 499 g/mol. The summed E-state index contributed by atoms with van der Waals surface area (Å²) in [4.78, 5) is 28.9. The number of nitrogens with one attached hydrogen (secondary N) is 1. The van der Waals surface area contributed by atoms with Crippen LogP contribution in [0, 0.1) is 0 Å². The van der Waals surface area contributed by atoms with Gasteiger partial charge in [-0.15, -0.1) is 0 Å². The van der Waals surface area contributed by atoms with Crippen LogP contribution in [0.2, 0.25) is 0 Å². The molecule has 6 heteroatoms. The van der Waals surface area contributed by atoms with E-state index in [9.17, 15) is 9.59 Å². The fourth-order valence-corrected chi connectivity index (χ4v) is 4.91. The maximum absolute atomic E-state index is 11.4. The summed E-state index contributed by atoms with van der Waals surface area (Å²) < 4.78 is 0. The van der Waals surface area contributed by atoms with Crippen LogP contribution in [0.25, 0.3) is 22.4 Å². The van der Waals surface area contributed by atoms with Crippen molar-refractivity contribution in [3.05, 3.63) is 72.4 Å². The van der Waals surface area contributed by atoms with Crippen LogP contribution in [-0.4, -0.2) is 34.8 Å². The molecule has 0 spiro atoms. The molecule has 0 aliphatic heterocycles. The molecule has 37 heavy (non-hydrogen) atoms. The molecule has 0 atom stereocenters. The third kappa shape index (κ3) is 6.83. The van der Waals surface area contributed by atoms with Crippen LogP contribution in [0.4, 0.5) is 5.69 Å². The smallest absolute Gasteiger partial charge is 0.221 e. The zero-order chi connectivity index (χ0) is 26.4. The highest BCUT2D eigenvalue weighted by atomic mass is 16.2. The van der Waals surface area contributed by atoms with E-state index in [1.807, 2.05) is 48.3 Å². The van der Waals surface area contributed by atoms with Crippen LogP contribution in [0.3, 0.4) is 0 Å². The third-order valence-corrected chi connectivity index (χ3v) is 7.43. The summed E-state index contributed by atoms with van der Waals surface area (Å²) in [7, 11) is 1.92. The second kappa shape index (κ2) is 11.7. The first-order chi connectivity index (χ1) is 17.8. The van der Waals surface area contributed by atoms with Gasteiger partial charge in [-0.05, 0) is 42.9 Å². The van der Waals surface area contributed by atoms with Gasteiger partial charge in [-0.1, -0.05) is 73.9 Å². The van der Waals surface area contributed by atoms with Crippen molar-refractivity contribution < 1.29 is 9.59 Å². The Hall–Kier alpha value is -3.51. The molecule has 5 rings (SSSR count). The topological polar surface area (TPSA) is 88.3 Å². The maximum Gasteiger partial charge on any atom is 0.221 e. The lowest BCUT2D eigenvalue weighted by atomic mass is 9.94. The number of hydrogen-bond acceptors (Lipinski definition) is 4. The first-order valence-corrected chi connectivity index (χ1v) is 13.2. The minimum absolute atomic E-state index is 0.111. The van der Waals surface area contributed by atoms with Crippen molar-refractivity contribution in [3.8, 4) is 22.4 Å². The number of anilines is 1. The predicted octanol–water partition coefficient (Wildman–Crippen LogP) is 6.12. The number of benzene rings is 2. The van der Waals surface area contributed by atoms with Crippen molar-refractivity contribution in [1.82, 2.24) is 9.88 Å². The molecule has 2 amide bonds. The summed E-state index contributed by atoms with van der Waals surface area (Å²) in [5, 5.41) is 2.81. The van der Waals surface area contributed by atoms with E-state index in [1.54, 1.807) is 13.1 Å². The molecule has 1 aromatic heterocycles. The monoisotopic (exact) mass is 498 g/mol. The molecule has 2 aliphatic rings. The summed E-state index contributed by atoms with van der Waals surface area (Å²) in [6, 6.07) is 20.9. The molecule has 6 nitrogen and oxygen atoms in total. The van der Waals surface area contributed by atoms with E-state index in [0.29, 0.717) is 11.7 Å². The summed E-state index contributed by atoms with van der Waals surface area (Å²) in [5.74, 6) is 0.0949. The second-order valence-corrected chi connectivity index (χ2v) is 10.3. The molecule has 0 bridgehead atoms. The van der Waals surface area contributed by atoms with Gasteiger partial charge in [-0.2, -0.15) is 0 Å². The Morgan fingerprint density at radius 2 is 1.59 bits per heavy atom. The molecule has 2 aliphatic carbocycles. The largest absolute Gasteiger partial charge is 0.343 e. The van der Waals surface area contributed by atoms with Gasteiger partial charge in [0.15, 0.2) is 0 Å². The van der Waals surface area contributed by atoms with E-state index >= 15 is 0 Å². The van der Waals surface area contributed by atoms with Crippen molar-refractivity contribution in [3.63, 3.8) is 0 Å². The zero-order valence-corrected chi connectivity index (χ0v) is 22.2. The van der Waals surface area contributed by atoms with E-state index in [4.69, 9.17) is 5.73 Å². The van der Waals surface area contributed by atoms with Gasteiger partial charge in [0.1, 0.15) is 0 Å². The molecule has 0 saturated heterocycles. The minimum atomic E-state index is -0.135. The second-order valence-electron chi connectivity index (χ2n) is 10.3. The van der Waals surface area contributed by atoms with Crippen molar-refractivity contribution >= 4 is 17.5 Å². The predicted molar refractivity (Wildman–Crippen MR) is 150 cm³/mol. The zero-order valence-electron chi connectivity index (χ0n) is 22.2. The van der Waals surface area contributed by atoms with E-state index < -0.39 is 0 Å². The average Bonchev–Trinajstić information content (AvgIpc) is 3.67. The van der Waals surface area contributed by atoms with E-state index in [-0.39, 0.29) is 17.4 Å². The fourth-order valence-electron chi connectivity index (χ4n) is 4.91. The Labute approximate surface area is 220 Å². The first-order valence-electron chi connectivity index (χ1n) is 13.2. The highest BCUT2D eigenvalue weighted by molar-refractivity contribution is 5.91. The Bertz CT molecular complexity index is 1210. The van der Waals surface area contributed by atoms with E-state index in [0.717, 1.165) is 35.2 Å². The number of carbonyl (C=O) groups is 2. The number of amides is 2. The van der Waals surface area contributed by atoms with Crippen LogP contribution in [0.1, 0.15) is 64.4 Å². The maximum atomic E-state index is 11.4. The molecule has 194 valence electrons. The molecule has 3 N–H and O–H groups in total. The van der Waals surface area contributed by atoms with Gasteiger partial charge >= 0.3 is 0 Å². The van der Waals surface area contributed by atoms with Crippen molar-refractivity contribution in [1.29, 1.82) is 0 Å². The van der Waals surface area contributed by atoms with Crippen molar-refractivity contribution in [2.24, 2.45) is 5.73 Å². The highest BCUT2D eigenvalue weighted by Crippen LogP contribution is 2.43. The Kier molecular flexibility index (Phi) is 8.39. The summed E-state index contributed by atoms with van der Waals surface area (Å²) >= 11 is 0. The van der Waals surface area contributed by atoms with Gasteiger partial charge in [-0.25, -0.2) is 0 Å². The number of nitrogens with two attached hydrogens (primary N) is 1. The minimum Gasteiger partial charge on any atom is -0.343 e. The van der Waals surface area contributed by atoms with Gasteiger partial charge in [0.2, 0.25) is 11.8 Å². The lowest BCUT2D eigenvalue weighted by molar-refractivity contribution is -0.130. The van der Waals surface area contributed by atoms with E-state index in [1.165, 1.54) is 44.6 Å². The van der Waals surface area contributed by atoms with Crippen molar-refractivity contribution in [2.45, 2.75) is 70.4 Å². The fraction of sp³-hybridized carbons (Fsp3) is 0.387. The lowest BCUT2D eigenvalue weighted by Gasteiger charge is -2.30. The molecule has 0 radical (unpaired) electrons. The molecule has 3 aromatic rings. The van der Waals surface area contributed by atoms with Gasteiger partial charge in [-0.3, -0.25) is 14.6 Å². The quantitative estimate of drug-likeness (QED) is 0.444. The highest BCUT2D eigenvalue weighted by Gasteiger charge is 2.39. The van der Waals surface area contributed by atoms with Crippen LogP contribution in [0.15, 0.2) is 66.9 Å². The molecule has 1 heterocycles. The molecule has 2 aromatic carbocycles. The Morgan fingerprint density at radius 1 is 0.946 bits per heavy atom. The number of nitrogens with zero attached hydrogens (tertiary/aromatic N) is 2. The lowest BCUT2D eigenvalue weighted by Crippen LogP contribution is -2.36. The molecular formula is C31H38N4O2. The Morgan fingerprint density at radius 3 is 2.16 bits per heavy atom. The van der Waals surface area contributed by atoms with Gasteiger partial charge in [0, 0.05) is 43.6 Å². The molecule has 0 unspecified atom stereocenters. The van der Waals surface area contributed by atoms with Crippen LogP contribution in [0.5, 0.6) is 0 Å². The SMILES string of the molecule is CC(=O)N(C)C1CCCCC1.CC(=O)Nc1cnc(-c2ccc(C3(N)CC3)cc2)c(-c2ccccc2)c1. The molecule has 2 saturated carbocycles. The molecule has 2 fully saturated rings. The standard InChI is InChI=1S/C22H21N3O.C9H17NO/c1-15(26)25-19-13-20(16-5-3-2-4-6-16)21(24-14-19)17-7-9-18(10-8-17)22(23)11-12-22;1-8(11)10(2)9-6-4-3-5-7-9/h2-10,13-14H,11-12,23H2,1H3,(H,25,26);9H,3-7H2,1-2H3. The number of pyridine rings is 1. The van der Waals surface area contributed by atoms with Crippen LogP contribution < -0.4 is 11.1 Å². The normalized spacial score (nSPS) is 16.2. The van der Waals surface area contributed by atoms with Crippen molar-refractivity contribution in [2.75, 3.05) is 12.4 Å². The number of carbonyl (C=O) groups excluding carboxylic acids is 2. The summed E-state index contributed by atoms with van der Waals surface area (Å²) in [5.41, 5.74) is 12.0. The third-order valence-electron chi connectivity index (χ3n) is 7.43. The first kappa shape index (κ1) is 26.6. The molecular weight excluding hydrogens is 460 g/mol. The van der Waals surface area contributed by atoms with Gasteiger partial charge in [0.25, 0.3) is 0 Å². The number of hydrogen-bond donors (Lipinski definition) is 2. The summed E-state index contributed by atoms with van der Waals surface area (Å²) in [6.45, 7) is 3.14. The van der Waals surface area contributed by atoms with Crippen LogP contribution in [-0.2, 0) is 15.1 Å². The number of rotatable bonds is 5. The van der Waals surface area contributed by atoms with Gasteiger partial charge < -0.3 is 16.0 Å². The summed E-state index contributed by atoms with van der Waals surface area (Å²) in [6.07, 6.45) is 10.1. The number of aromatic nitrogens is 1. The van der Waals surface area contributed by atoms with Gasteiger partial charge in [0.05, 0.1) is 17.6 Å². The van der Waals surface area contributed by atoms with E-state index in [2.05, 4.69) is 34.6 Å². The Balaban J connectivity index is 0.000000245.